The van der Waals surface area contributed by atoms with E-state index in [9.17, 15) is 9.59 Å². The Kier molecular flexibility index (Phi) is 4.58. The van der Waals surface area contributed by atoms with Gasteiger partial charge in [-0.3, -0.25) is 15.0 Å². The number of hydrogen-bond acceptors (Lipinski definition) is 3. The molecule has 102 valence electrons. The summed E-state index contributed by atoms with van der Waals surface area (Å²) in [7, 11) is 0. The van der Waals surface area contributed by atoms with E-state index in [2.05, 4.69) is 22.5 Å². The van der Waals surface area contributed by atoms with Crippen LogP contribution in [0.25, 0.3) is 0 Å². The van der Waals surface area contributed by atoms with E-state index in [1.807, 2.05) is 0 Å². The van der Waals surface area contributed by atoms with Crippen molar-refractivity contribution < 1.29 is 9.59 Å². The third-order valence-corrected chi connectivity index (χ3v) is 3.73. The van der Waals surface area contributed by atoms with Crippen molar-refractivity contribution in [1.82, 2.24) is 15.5 Å². The van der Waals surface area contributed by atoms with Crippen LogP contribution in [0.5, 0.6) is 0 Å². The van der Waals surface area contributed by atoms with Gasteiger partial charge in [0.2, 0.25) is 5.91 Å². The van der Waals surface area contributed by atoms with Crippen LogP contribution in [0, 0.1) is 0 Å². The van der Waals surface area contributed by atoms with E-state index in [4.69, 9.17) is 0 Å². The number of nitrogens with zero attached hydrogens (tertiary/aromatic N) is 1. The molecule has 1 heterocycles. The molecule has 0 radical (unpaired) electrons. The molecule has 1 aliphatic carbocycles. The average molecular weight is 253 g/mol. The Morgan fingerprint density at radius 1 is 1.22 bits per heavy atom. The summed E-state index contributed by atoms with van der Waals surface area (Å²) in [6.45, 7) is 3.47. The molecule has 0 aromatic heterocycles. The normalized spacial score (nSPS) is 24.6. The van der Waals surface area contributed by atoms with Gasteiger partial charge in [0.25, 0.3) is 0 Å². The molecule has 1 unspecified atom stereocenters. The second kappa shape index (κ2) is 6.18. The summed E-state index contributed by atoms with van der Waals surface area (Å²) in [6, 6.07) is 0.444. The van der Waals surface area contributed by atoms with Crippen LogP contribution in [0.3, 0.4) is 0 Å². The van der Waals surface area contributed by atoms with Crippen LogP contribution in [-0.4, -0.2) is 42.0 Å². The SMILES string of the molecule is CCC1CCCCN1CC(=O)NC(=O)NC1CC1. The van der Waals surface area contributed by atoms with Crippen molar-refractivity contribution in [3.8, 4) is 0 Å². The van der Waals surface area contributed by atoms with Crippen molar-refractivity contribution in [3.05, 3.63) is 0 Å². The molecule has 0 spiro atoms. The summed E-state index contributed by atoms with van der Waals surface area (Å²) in [5.41, 5.74) is 0. The van der Waals surface area contributed by atoms with E-state index in [0.717, 1.165) is 38.6 Å². The van der Waals surface area contributed by atoms with Gasteiger partial charge in [-0.1, -0.05) is 13.3 Å². The van der Waals surface area contributed by atoms with Crippen LogP contribution >= 0.6 is 0 Å². The van der Waals surface area contributed by atoms with Crippen molar-refractivity contribution in [2.75, 3.05) is 13.1 Å². The topological polar surface area (TPSA) is 61.4 Å². The number of rotatable bonds is 4. The number of carbonyl (C=O) groups excluding carboxylic acids is 2. The van der Waals surface area contributed by atoms with Crippen LogP contribution in [0.2, 0.25) is 0 Å². The first-order valence-corrected chi connectivity index (χ1v) is 7.03. The molecule has 2 N–H and O–H groups in total. The molecule has 0 aromatic carbocycles. The fourth-order valence-electron chi connectivity index (χ4n) is 2.53. The second-order valence-corrected chi connectivity index (χ2v) is 5.32. The van der Waals surface area contributed by atoms with E-state index in [-0.39, 0.29) is 18.0 Å². The number of nitrogens with one attached hydrogen (secondary N) is 2. The van der Waals surface area contributed by atoms with Crippen LogP contribution in [0.1, 0.15) is 45.4 Å². The second-order valence-electron chi connectivity index (χ2n) is 5.32. The zero-order valence-corrected chi connectivity index (χ0v) is 11.1. The number of imide groups is 1. The van der Waals surface area contributed by atoms with Crippen molar-refractivity contribution in [2.24, 2.45) is 0 Å². The minimum atomic E-state index is -0.340. The number of carbonyl (C=O) groups is 2. The highest BCUT2D eigenvalue weighted by atomic mass is 16.2. The highest BCUT2D eigenvalue weighted by Gasteiger charge is 2.26. The molecule has 1 saturated carbocycles. The van der Waals surface area contributed by atoms with Gasteiger partial charge >= 0.3 is 6.03 Å². The third kappa shape index (κ3) is 3.98. The molecule has 0 aromatic rings. The van der Waals surface area contributed by atoms with Gasteiger partial charge in [0, 0.05) is 12.1 Å². The lowest BCUT2D eigenvalue weighted by atomic mass is 10.0. The van der Waals surface area contributed by atoms with Gasteiger partial charge in [-0.2, -0.15) is 0 Å². The Hall–Kier alpha value is -1.10. The van der Waals surface area contributed by atoms with Crippen molar-refractivity contribution in [1.29, 1.82) is 0 Å². The molecule has 3 amide bonds. The van der Waals surface area contributed by atoms with Gasteiger partial charge in [0.15, 0.2) is 0 Å². The zero-order chi connectivity index (χ0) is 13.0. The van der Waals surface area contributed by atoms with Gasteiger partial charge < -0.3 is 5.32 Å². The fraction of sp³-hybridized carbons (Fsp3) is 0.846. The molecular weight excluding hydrogens is 230 g/mol. The van der Waals surface area contributed by atoms with E-state index in [1.54, 1.807) is 0 Å². The first-order chi connectivity index (χ1) is 8.69. The summed E-state index contributed by atoms with van der Waals surface area (Å²) in [6.07, 6.45) is 6.70. The van der Waals surface area contributed by atoms with Crippen LogP contribution < -0.4 is 10.6 Å². The lowest BCUT2D eigenvalue weighted by Gasteiger charge is -2.34. The van der Waals surface area contributed by atoms with Crippen molar-refractivity contribution in [2.45, 2.75) is 57.5 Å². The molecule has 5 heteroatoms. The number of hydrogen-bond donors (Lipinski definition) is 2. The van der Waals surface area contributed by atoms with E-state index in [0.29, 0.717) is 12.6 Å². The Morgan fingerprint density at radius 3 is 2.67 bits per heavy atom. The van der Waals surface area contributed by atoms with Gasteiger partial charge in [0.05, 0.1) is 6.54 Å². The Labute approximate surface area is 108 Å². The average Bonchev–Trinajstić information content (AvgIpc) is 3.13. The highest BCUT2D eigenvalue weighted by molar-refractivity contribution is 5.95. The highest BCUT2D eigenvalue weighted by Crippen LogP contribution is 2.19. The number of amides is 3. The Bertz CT molecular complexity index is 315. The summed E-state index contributed by atoms with van der Waals surface area (Å²) < 4.78 is 0. The largest absolute Gasteiger partial charge is 0.335 e. The number of piperidine rings is 1. The standard InChI is InChI=1S/C13H23N3O2/c1-2-11-5-3-4-8-16(11)9-12(17)15-13(18)14-10-6-7-10/h10-11H,2-9H2,1H3,(H2,14,15,17,18). The zero-order valence-electron chi connectivity index (χ0n) is 11.1. The van der Waals surface area contributed by atoms with E-state index < -0.39 is 0 Å². The summed E-state index contributed by atoms with van der Waals surface area (Å²) in [4.78, 5) is 25.4. The summed E-state index contributed by atoms with van der Waals surface area (Å²) >= 11 is 0. The molecule has 1 atom stereocenters. The third-order valence-electron chi connectivity index (χ3n) is 3.73. The lowest BCUT2D eigenvalue weighted by molar-refractivity contribution is -0.122. The number of likely N-dealkylation sites (tertiary alicyclic amines) is 1. The first kappa shape index (κ1) is 13.3. The van der Waals surface area contributed by atoms with Crippen molar-refractivity contribution >= 4 is 11.9 Å². The maximum absolute atomic E-state index is 11.8. The van der Waals surface area contributed by atoms with E-state index in [1.165, 1.54) is 6.42 Å². The van der Waals surface area contributed by atoms with Gasteiger partial charge in [-0.15, -0.1) is 0 Å². The lowest BCUT2D eigenvalue weighted by Crippen LogP contribution is -2.48. The van der Waals surface area contributed by atoms with Crippen LogP contribution in [0.15, 0.2) is 0 Å². The van der Waals surface area contributed by atoms with Crippen molar-refractivity contribution in [3.63, 3.8) is 0 Å². The molecule has 1 saturated heterocycles. The molecule has 0 bridgehead atoms. The van der Waals surface area contributed by atoms with Crippen LogP contribution in [-0.2, 0) is 4.79 Å². The quantitative estimate of drug-likeness (QED) is 0.792. The molecule has 5 nitrogen and oxygen atoms in total. The maximum atomic E-state index is 11.8. The minimum absolute atomic E-state index is 0.187. The Morgan fingerprint density at radius 2 is 2.00 bits per heavy atom. The van der Waals surface area contributed by atoms with Gasteiger partial charge in [-0.05, 0) is 38.6 Å². The molecule has 2 aliphatic rings. The number of urea groups is 1. The van der Waals surface area contributed by atoms with E-state index >= 15 is 0 Å². The molecule has 18 heavy (non-hydrogen) atoms. The molecule has 2 rings (SSSR count). The monoisotopic (exact) mass is 253 g/mol. The molecule has 2 fully saturated rings. The maximum Gasteiger partial charge on any atom is 0.321 e. The fourth-order valence-corrected chi connectivity index (χ4v) is 2.53. The smallest absolute Gasteiger partial charge is 0.321 e. The Balaban J connectivity index is 1.72. The molecule has 1 aliphatic heterocycles. The predicted octanol–water partition coefficient (Wildman–Crippen LogP) is 1.24. The first-order valence-electron chi connectivity index (χ1n) is 7.03. The predicted molar refractivity (Wildman–Crippen MR) is 69.2 cm³/mol. The summed E-state index contributed by atoms with van der Waals surface area (Å²) in [5.74, 6) is -0.187. The van der Waals surface area contributed by atoms with Gasteiger partial charge in [-0.25, -0.2) is 4.79 Å². The van der Waals surface area contributed by atoms with Gasteiger partial charge in [0.1, 0.15) is 0 Å². The summed E-state index contributed by atoms with van der Waals surface area (Å²) in [5, 5.41) is 5.17. The van der Waals surface area contributed by atoms with Crippen LogP contribution in [0.4, 0.5) is 4.79 Å². The minimum Gasteiger partial charge on any atom is -0.335 e. The molecular formula is C13H23N3O2.